The van der Waals surface area contributed by atoms with Gasteiger partial charge in [-0.3, -0.25) is 20.3 Å². The lowest BCUT2D eigenvalue weighted by Crippen LogP contribution is -2.42. The summed E-state index contributed by atoms with van der Waals surface area (Å²) in [5.41, 5.74) is 3.15. The second kappa shape index (κ2) is 9.42. The van der Waals surface area contributed by atoms with Crippen LogP contribution in [0.15, 0.2) is 47.7 Å². The molecule has 1 saturated heterocycles. The summed E-state index contributed by atoms with van der Waals surface area (Å²) in [6.45, 7) is 2.24. The highest BCUT2D eigenvalue weighted by molar-refractivity contribution is 5.80. The molecule has 1 aromatic carbocycles. The first-order chi connectivity index (χ1) is 13.6. The Hall–Kier alpha value is -3.53. The number of nitrogens with zero attached hydrogens (tertiary/aromatic N) is 4. The van der Waals surface area contributed by atoms with Crippen LogP contribution in [0.1, 0.15) is 5.56 Å². The molecular weight excluding hydrogens is 366 g/mol. The number of hydrazone groups is 1. The van der Waals surface area contributed by atoms with Crippen molar-refractivity contribution in [2.45, 2.75) is 0 Å². The van der Waals surface area contributed by atoms with Gasteiger partial charge in [0.05, 0.1) is 24.4 Å². The summed E-state index contributed by atoms with van der Waals surface area (Å²) in [6.07, 6.45) is 2.94. The van der Waals surface area contributed by atoms with Crippen molar-refractivity contribution in [1.29, 1.82) is 0 Å². The van der Waals surface area contributed by atoms with Crippen LogP contribution in [0.2, 0.25) is 0 Å². The van der Waals surface area contributed by atoms with Gasteiger partial charge in [-0.05, 0) is 35.9 Å². The maximum Gasteiger partial charge on any atom is 0.313 e. The van der Waals surface area contributed by atoms with Gasteiger partial charge >= 0.3 is 5.69 Å². The second-order valence-electron chi connectivity index (χ2n) is 5.85. The van der Waals surface area contributed by atoms with Crippen molar-refractivity contribution in [3.8, 4) is 5.75 Å². The van der Waals surface area contributed by atoms with Gasteiger partial charge in [0, 0.05) is 25.4 Å². The van der Waals surface area contributed by atoms with Crippen LogP contribution in [-0.2, 0) is 9.53 Å². The molecule has 1 fully saturated rings. The maximum absolute atomic E-state index is 12.1. The number of pyridine rings is 1. The van der Waals surface area contributed by atoms with Crippen LogP contribution < -0.4 is 10.2 Å². The van der Waals surface area contributed by atoms with Crippen molar-refractivity contribution < 1.29 is 19.2 Å². The Morgan fingerprint density at radius 1 is 1.32 bits per heavy atom. The SMILES string of the molecule is O=C(COc1ccc(/C=N\Nc2ncccc2[N+](=O)[O-])cc1)N1CCOCC1. The normalized spacial score (nSPS) is 14.1. The van der Waals surface area contributed by atoms with Crippen molar-refractivity contribution in [1.82, 2.24) is 9.88 Å². The van der Waals surface area contributed by atoms with Crippen molar-refractivity contribution in [2.75, 3.05) is 38.3 Å². The first-order valence-electron chi connectivity index (χ1n) is 8.60. The smallest absolute Gasteiger partial charge is 0.313 e. The Morgan fingerprint density at radius 2 is 2.07 bits per heavy atom. The van der Waals surface area contributed by atoms with Gasteiger partial charge in [0.1, 0.15) is 5.75 Å². The van der Waals surface area contributed by atoms with Gasteiger partial charge in [-0.15, -0.1) is 0 Å². The van der Waals surface area contributed by atoms with E-state index < -0.39 is 4.92 Å². The third kappa shape index (κ3) is 5.24. The predicted octanol–water partition coefficient (Wildman–Crippen LogP) is 1.67. The summed E-state index contributed by atoms with van der Waals surface area (Å²) in [5, 5.41) is 14.9. The Morgan fingerprint density at radius 3 is 2.79 bits per heavy atom. The van der Waals surface area contributed by atoms with Crippen LogP contribution in [0.25, 0.3) is 0 Å². The Labute approximate surface area is 160 Å². The lowest BCUT2D eigenvalue weighted by Gasteiger charge is -2.26. The molecule has 1 aliphatic rings. The van der Waals surface area contributed by atoms with Crippen LogP contribution >= 0.6 is 0 Å². The number of carbonyl (C=O) groups is 1. The minimum atomic E-state index is -0.533. The van der Waals surface area contributed by atoms with E-state index >= 15 is 0 Å². The van der Waals surface area contributed by atoms with Crippen LogP contribution in [0.5, 0.6) is 5.75 Å². The Bertz CT molecular complexity index is 850. The van der Waals surface area contributed by atoms with Crippen molar-refractivity contribution >= 4 is 23.6 Å². The summed E-state index contributed by atoms with van der Waals surface area (Å²) in [4.78, 5) is 28.1. The van der Waals surface area contributed by atoms with Crippen LogP contribution in [0.4, 0.5) is 11.5 Å². The van der Waals surface area contributed by atoms with Gasteiger partial charge in [-0.25, -0.2) is 4.98 Å². The van der Waals surface area contributed by atoms with Crippen LogP contribution in [0.3, 0.4) is 0 Å². The number of nitrogens with one attached hydrogen (secondary N) is 1. The first-order valence-corrected chi connectivity index (χ1v) is 8.60. The van der Waals surface area contributed by atoms with E-state index in [1.165, 1.54) is 24.5 Å². The fourth-order valence-corrected chi connectivity index (χ4v) is 2.50. The quantitative estimate of drug-likeness (QED) is 0.437. The van der Waals surface area contributed by atoms with E-state index in [2.05, 4.69) is 15.5 Å². The Kier molecular flexibility index (Phi) is 6.47. The van der Waals surface area contributed by atoms with Gasteiger partial charge < -0.3 is 14.4 Å². The van der Waals surface area contributed by atoms with E-state index in [9.17, 15) is 14.9 Å². The number of rotatable bonds is 7. The van der Waals surface area contributed by atoms with E-state index in [0.717, 1.165) is 5.56 Å². The van der Waals surface area contributed by atoms with Crippen LogP contribution in [-0.4, -0.2) is 59.8 Å². The standard InChI is InChI=1S/C18H19N5O5/c24-17(22-8-10-27-11-9-22)13-28-15-5-3-14(4-6-15)12-20-21-18-16(23(25)26)2-1-7-19-18/h1-7,12H,8-11,13H2,(H,19,21)/b20-12-. The highest BCUT2D eigenvalue weighted by Gasteiger charge is 2.17. The number of hydrogen-bond acceptors (Lipinski definition) is 8. The third-order valence-corrected chi connectivity index (χ3v) is 3.97. The van der Waals surface area contributed by atoms with Gasteiger partial charge in [0.2, 0.25) is 5.82 Å². The lowest BCUT2D eigenvalue weighted by atomic mass is 10.2. The van der Waals surface area contributed by atoms with E-state index in [4.69, 9.17) is 9.47 Å². The minimum absolute atomic E-state index is 0.0294. The molecule has 2 aromatic rings. The lowest BCUT2D eigenvalue weighted by molar-refractivity contribution is -0.384. The number of aromatic nitrogens is 1. The van der Waals surface area contributed by atoms with Crippen molar-refractivity contribution in [3.63, 3.8) is 0 Å². The highest BCUT2D eigenvalue weighted by Crippen LogP contribution is 2.20. The van der Waals surface area contributed by atoms with E-state index in [-0.39, 0.29) is 24.0 Å². The first kappa shape index (κ1) is 19.2. The Balaban J connectivity index is 1.51. The molecule has 10 heteroatoms. The number of benzene rings is 1. The molecule has 2 heterocycles. The molecule has 10 nitrogen and oxygen atoms in total. The number of amides is 1. The molecule has 0 bridgehead atoms. The van der Waals surface area contributed by atoms with Gasteiger partial charge in [0.25, 0.3) is 5.91 Å². The third-order valence-electron chi connectivity index (χ3n) is 3.97. The number of morpholine rings is 1. The molecule has 0 unspecified atom stereocenters. The monoisotopic (exact) mass is 385 g/mol. The number of ether oxygens (including phenoxy) is 2. The molecule has 1 aromatic heterocycles. The second-order valence-corrected chi connectivity index (χ2v) is 5.85. The molecule has 0 atom stereocenters. The number of nitro groups is 1. The summed E-state index contributed by atoms with van der Waals surface area (Å²) >= 11 is 0. The molecule has 0 radical (unpaired) electrons. The topological polar surface area (TPSA) is 119 Å². The zero-order valence-electron chi connectivity index (χ0n) is 15.0. The van der Waals surface area contributed by atoms with E-state index in [1.54, 1.807) is 29.2 Å². The average Bonchev–Trinajstić information content (AvgIpc) is 2.74. The number of hydrogen-bond donors (Lipinski definition) is 1. The molecular formula is C18H19N5O5. The summed E-state index contributed by atoms with van der Waals surface area (Å²) in [5.74, 6) is 0.549. The summed E-state index contributed by atoms with van der Waals surface area (Å²) in [6, 6.07) is 9.78. The molecule has 3 rings (SSSR count). The van der Waals surface area contributed by atoms with E-state index in [0.29, 0.717) is 32.1 Å². The molecule has 146 valence electrons. The maximum atomic E-state index is 12.1. The molecule has 1 aliphatic heterocycles. The van der Waals surface area contributed by atoms with Crippen molar-refractivity contribution in [2.24, 2.45) is 5.10 Å². The van der Waals surface area contributed by atoms with Gasteiger partial charge in [0.15, 0.2) is 6.61 Å². The summed E-state index contributed by atoms with van der Waals surface area (Å²) < 4.78 is 10.7. The van der Waals surface area contributed by atoms with Crippen LogP contribution in [0, 0.1) is 10.1 Å². The highest BCUT2D eigenvalue weighted by atomic mass is 16.6. The fourth-order valence-electron chi connectivity index (χ4n) is 2.50. The molecule has 0 saturated carbocycles. The minimum Gasteiger partial charge on any atom is -0.484 e. The molecule has 28 heavy (non-hydrogen) atoms. The van der Waals surface area contributed by atoms with Crippen molar-refractivity contribution in [3.05, 3.63) is 58.3 Å². The molecule has 1 amide bonds. The molecule has 0 aliphatic carbocycles. The molecule has 0 spiro atoms. The predicted molar refractivity (Wildman–Crippen MR) is 101 cm³/mol. The average molecular weight is 385 g/mol. The van der Waals surface area contributed by atoms with Gasteiger partial charge in [-0.1, -0.05) is 0 Å². The van der Waals surface area contributed by atoms with Gasteiger partial charge in [-0.2, -0.15) is 5.10 Å². The zero-order chi connectivity index (χ0) is 19.8. The van der Waals surface area contributed by atoms with E-state index in [1.807, 2.05) is 0 Å². The number of carbonyl (C=O) groups excluding carboxylic acids is 1. The summed E-state index contributed by atoms with van der Waals surface area (Å²) in [7, 11) is 0. The number of anilines is 1. The fraction of sp³-hybridized carbons (Fsp3) is 0.278. The zero-order valence-corrected chi connectivity index (χ0v) is 15.0. The molecule has 1 N–H and O–H groups in total. The largest absolute Gasteiger partial charge is 0.484 e.